The number of hydrogen-bond acceptors (Lipinski definition) is 7. The minimum atomic E-state index is -1.94. The number of aliphatic hydroxyl groups is 1. The number of nitrogens with zero attached hydrogens (tertiary/aromatic N) is 2. The molecule has 9 nitrogen and oxygen atoms in total. The molecule has 0 heterocycles. The number of benzene rings is 4. The number of hydrogen-bond donors (Lipinski definition) is 2. The lowest BCUT2D eigenvalue weighted by Gasteiger charge is -2.27. The Balaban J connectivity index is 1.48. The maximum absolute atomic E-state index is 13.2. The van der Waals surface area contributed by atoms with E-state index < -0.39 is 16.4 Å². The van der Waals surface area contributed by atoms with Gasteiger partial charge in [-0.3, -0.25) is 14.9 Å². The molecule has 0 saturated carbocycles. The van der Waals surface area contributed by atoms with Crippen molar-refractivity contribution in [2.24, 2.45) is 5.10 Å². The fourth-order valence-corrected chi connectivity index (χ4v) is 3.90. The van der Waals surface area contributed by atoms with Crippen LogP contribution >= 0.6 is 0 Å². The standard InChI is InChI=1S/C30H27N3O6/c1-2-38-28-19-23(15-18-27(28)39-21-22-13-16-26(17-14-22)33(36)37)20-31-32-29(34)30(35,24-9-5-3-6-10-24)25-11-7-4-8-12-25/h3-20,35H,2,21H2,1H3,(H,32,34)/b31-20-. The maximum atomic E-state index is 13.2. The Bertz CT molecular complexity index is 1400. The van der Waals surface area contributed by atoms with E-state index >= 15 is 0 Å². The Kier molecular flexibility index (Phi) is 8.65. The van der Waals surface area contributed by atoms with E-state index in [-0.39, 0.29) is 12.3 Å². The second-order valence-electron chi connectivity index (χ2n) is 8.49. The largest absolute Gasteiger partial charge is 0.490 e. The summed E-state index contributed by atoms with van der Waals surface area (Å²) in [6.07, 6.45) is 1.44. The summed E-state index contributed by atoms with van der Waals surface area (Å²) < 4.78 is 11.6. The third-order valence-corrected chi connectivity index (χ3v) is 5.90. The molecule has 9 heteroatoms. The van der Waals surface area contributed by atoms with Crippen LogP contribution in [0.5, 0.6) is 11.5 Å². The first-order chi connectivity index (χ1) is 18.9. The van der Waals surface area contributed by atoms with E-state index in [1.807, 2.05) is 6.92 Å². The summed E-state index contributed by atoms with van der Waals surface area (Å²) in [5.41, 5.74) is 2.75. The molecular formula is C30H27N3O6. The Morgan fingerprint density at radius 3 is 2.10 bits per heavy atom. The molecule has 0 bridgehead atoms. The van der Waals surface area contributed by atoms with Crippen molar-refractivity contribution in [2.45, 2.75) is 19.1 Å². The highest BCUT2D eigenvalue weighted by Gasteiger charge is 2.39. The van der Waals surface area contributed by atoms with Gasteiger partial charge in [0.2, 0.25) is 0 Å². The minimum absolute atomic E-state index is 0.00969. The summed E-state index contributed by atoms with van der Waals surface area (Å²) in [6.45, 7) is 2.43. The van der Waals surface area contributed by atoms with Gasteiger partial charge in [-0.05, 0) is 59.5 Å². The molecule has 0 radical (unpaired) electrons. The maximum Gasteiger partial charge on any atom is 0.281 e. The average molecular weight is 526 g/mol. The third kappa shape index (κ3) is 6.46. The first kappa shape index (κ1) is 27.0. The molecule has 1 amide bonds. The van der Waals surface area contributed by atoms with Crippen LogP contribution in [0.4, 0.5) is 5.69 Å². The molecule has 0 unspecified atom stereocenters. The lowest BCUT2D eigenvalue weighted by atomic mass is 9.85. The van der Waals surface area contributed by atoms with E-state index in [0.717, 1.165) is 5.56 Å². The summed E-state index contributed by atoms with van der Waals surface area (Å²) in [5.74, 6) is 0.253. The quantitative estimate of drug-likeness (QED) is 0.162. The lowest BCUT2D eigenvalue weighted by molar-refractivity contribution is -0.384. The van der Waals surface area contributed by atoms with Gasteiger partial charge in [-0.25, -0.2) is 5.43 Å². The molecule has 0 fully saturated rings. The number of non-ortho nitro benzene ring substituents is 1. The van der Waals surface area contributed by atoms with E-state index in [0.29, 0.717) is 34.8 Å². The molecule has 4 aromatic carbocycles. The van der Waals surface area contributed by atoms with Crippen molar-refractivity contribution >= 4 is 17.8 Å². The topological polar surface area (TPSA) is 123 Å². The van der Waals surface area contributed by atoms with Crippen molar-refractivity contribution in [1.82, 2.24) is 5.43 Å². The first-order valence-electron chi connectivity index (χ1n) is 12.2. The molecule has 4 aromatic rings. The number of rotatable bonds is 11. The zero-order chi connectivity index (χ0) is 27.7. The van der Waals surface area contributed by atoms with Gasteiger partial charge in [0, 0.05) is 12.1 Å². The average Bonchev–Trinajstić information content (AvgIpc) is 2.97. The molecule has 0 aliphatic rings. The number of carbonyl (C=O) groups excluding carboxylic acids is 1. The molecule has 2 N–H and O–H groups in total. The first-order valence-corrected chi connectivity index (χ1v) is 12.2. The van der Waals surface area contributed by atoms with Crippen molar-refractivity contribution in [2.75, 3.05) is 6.61 Å². The second kappa shape index (κ2) is 12.5. The molecule has 0 atom stereocenters. The Morgan fingerprint density at radius 1 is 0.923 bits per heavy atom. The number of nitrogens with one attached hydrogen (secondary N) is 1. The van der Waals surface area contributed by atoms with Crippen LogP contribution in [0.3, 0.4) is 0 Å². The summed E-state index contributed by atoms with van der Waals surface area (Å²) in [5, 5.41) is 26.4. The van der Waals surface area contributed by atoms with Crippen LogP contribution in [0.1, 0.15) is 29.2 Å². The Hall–Kier alpha value is -5.02. The van der Waals surface area contributed by atoms with E-state index in [1.54, 1.807) is 91.0 Å². The number of nitro groups is 1. The van der Waals surface area contributed by atoms with Gasteiger partial charge < -0.3 is 14.6 Å². The van der Waals surface area contributed by atoms with E-state index in [4.69, 9.17) is 9.47 Å². The smallest absolute Gasteiger partial charge is 0.281 e. The number of ether oxygens (including phenoxy) is 2. The van der Waals surface area contributed by atoms with Crippen molar-refractivity contribution in [3.63, 3.8) is 0 Å². The van der Waals surface area contributed by atoms with Crippen molar-refractivity contribution in [3.8, 4) is 11.5 Å². The van der Waals surface area contributed by atoms with Gasteiger partial charge in [0.05, 0.1) is 17.7 Å². The molecule has 0 spiro atoms. The van der Waals surface area contributed by atoms with Gasteiger partial charge in [-0.2, -0.15) is 5.10 Å². The van der Waals surface area contributed by atoms with E-state index in [9.17, 15) is 20.0 Å². The molecule has 0 aliphatic heterocycles. The molecule has 0 aliphatic carbocycles. The van der Waals surface area contributed by atoms with Gasteiger partial charge >= 0.3 is 0 Å². The predicted molar refractivity (Wildman–Crippen MR) is 147 cm³/mol. The van der Waals surface area contributed by atoms with Gasteiger partial charge in [0.25, 0.3) is 11.6 Å². The van der Waals surface area contributed by atoms with Crippen molar-refractivity contribution in [3.05, 3.63) is 135 Å². The van der Waals surface area contributed by atoms with Gasteiger partial charge in [-0.1, -0.05) is 60.7 Å². The molecular weight excluding hydrogens is 498 g/mol. The number of hydrazone groups is 1. The molecule has 4 rings (SSSR count). The minimum Gasteiger partial charge on any atom is -0.490 e. The monoisotopic (exact) mass is 525 g/mol. The second-order valence-corrected chi connectivity index (χ2v) is 8.49. The lowest BCUT2D eigenvalue weighted by Crippen LogP contribution is -2.43. The van der Waals surface area contributed by atoms with E-state index in [2.05, 4.69) is 10.5 Å². The van der Waals surface area contributed by atoms with Crippen molar-refractivity contribution < 1.29 is 24.3 Å². The Labute approximate surface area is 225 Å². The summed E-state index contributed by atoms with van der Waals surface area (Å²) in [4.78, 5) is 23.6. The van der Waals surface area contributed by atoms with Gasteiger partial charge in [-0.15, -0.1) is 0 Å². The SMILES string of the molecule is CCOc1cc(/C=N\NC(=O)C(O)(c2ccccc2)c2ccccc2)ccc1OCc1ccc([N+](=O)[O-])cc1. The van der Waals surface area contributed by atoms with Crippen LogP contribution in [-0.4, -0.2) is 28.8 Å². The highest BCUT2D eigenvalue weighted by atomic mass is 16.6. The van der Waals surface area contributed by atoms with Crippen LogP contribution in [0.2, 0.25) is 0 Å². The fraction of sp³-hybridized carbons (Fsp3) is 0.133. The molecule has 39 heavy (non-hydrogen) atoms. The van der Waals surface area contributed by atoms with Gasteiger partial charge in [0.15, 0.2) is 17.1 Å². The van der Waals surface area contributed by atoms with Crippen LogP contribution in [0, 0.1) is 10.1 Å². The number of nitro benzene ring substituents is 1. The highest BCUT2D eigenvalue weighted by Crippen LogP contribution is 2.31. The number of amides is 1. The molecule has 198 valence electrons. The van der Waals surface area contributed by atoms with Crippen molar-refractivity contribution in [1.29, 1.82) is 0 Å². The Morgan fingerprint density at radius 2 is 1.54 bits per heavy atom. The predicted octanol–water partition coefficient (Wildman–Crippen LogP) is 4.96. The molecule has 0 saturated heterocycles. The third-order valence-electron chi connectivity index (χ3n) is 5.90. The normalized spacial score (nSPS) is 11.2. The summed E-state index contributed by atoms with van der Waals surface area (Å²) in [6, 6.07) is 28.6. The van der Waals surface area contributed by atoms with Crippen LogP contribution in [-0.2, 0) is 17.0 Å². The van der Waals surface area contributed by atoms with E-state index in [1.165, 1.54) is 18.3 Å². The summed E-state index contributed by atoms with van der Waals surface area (Å²) >= 11 is 0. The van der Waals surface area contributed by atoms with Gasteiger partial charge in [0.1, 0.15) is 6.61 Å². The fourth-order valence-electron chi connectivity index (χ4n) is 3.90. The zero-order valence-electron chi connectivity index (χ0n) is 21.2. The zero-order valence-corrected chi connectivity index (χ0v) is 21.2. The van der Waals surface area contributed by atoms with Crippen LogP contribution < -0.4 is 14.9 Å². The van der Waals surface area contributed by atoms with Crippen LogP contribution in [0.15, 0.2) is 108 Å². The molecule has 0 aromatic heterocycles. The highest BCUT2D eigenvalue weighted by molar-refractivity contribution is 5.91. The number of carbonyl (C=O) groups is 1. The van der Waals surface area contributed by atoms with Crippen LogP contribution in [0.25, 0.3) is 0 Å². The summed E-state index contributed by atoms with van der Waals surface area (Å²) in [7, 11) is 0.